The zero-order valence-corrected chi connectivity index (χ0v) is 16.9. The first-order valence-corrected chi connectivity index (χ1v) is 9.97. The summed E-state index contributed by atoms with van der Waals surface area (Å²) in [5.41, 5.74) is 0.769. The van der Waals surface area contributed by atoms with E-state index in [0.717, 1.165) is 23.6 Å². The highest BCUT2D eigenvalue weighted by Crippen LogP contribution is 2.28. The Hall–Kier alpha value is -3.16. The highest BCUT2D eigenvalue weighted by molar-refractivity contribution is 5.94. The van der Waals surface area contributed by atoms with Crippen LogP contribution in [0.3, 0.4) is 0 Å². The van der Waals surface area contributed by atoms with Crippen LogP contribution in [0.1, 0.15) is 23.7 Å². The molecule has 1 aliphatic heterocycles. The van der Waals surface area contributed by atoms with Crippen LogP contribution in [-0.4, -0.2) is 56.0 Å². The third kappa shape index (κ3) is 5.25. The molecule has 0 atom stereocenters. The number of carbonyl (C=O) groups excluding carboxylic acids is 2. The van der Waals surface area contributed by atoms with Gasteiger partial charge in [-0.05, 0) is 31.2 Å². The minimum absolute atomic E-state index is 0.0763. The first kappa shape index (κ1) is 21.5. The molecule has 3 rings (SSSR count). The second-order valence-corrected chi connectivity index (χ2v) is 6.90. The van der Waals surface area contributed by atoms with Gasteiger partial charge >= 0.3 is 0 Å². The fourth-order valence-corrected chi connectivity index (χ4v) is 3.40. The lowest BCUT2D eigenvalue weighted by atomic mass is 10.2. The number of halogens is 2. The Labute approximate surface area is 174 Å². The van der Waals surface area contributed by atoms with Crippen molar-refractivity contribution in [1.29, 1.82) is 0 Å². The summed E-state index contributed by atoms with van der Waals surface area (Å²) in [6.45, 7) is 5.12. The quantitative estimate of drug-likeness (QED) is 0.753. The molecule has 8 heteroatoms. The molecule has 2 aromatic rings. The molecule has 0 radical (unpaired) electrons. The maximum atomic E-state index is 13.6. The number of para-hydroxylation sites is 2. The topological polar surface area (TPSA) is 61.9 Å². The lowest BCUT2D eigenvalue weighted by Gasteiger charge is -2.36. The van der Waals surface area contributed by atoms with Gasteiger partial charge in [-0.3, -0.25) is 9.59 Å². The summed E-state index contributed by atoms with van der Waals surface area (Å²) in [4.78, 5) is 28.4. The Balaban J connectivity index is 1.46. The average molecular weight is 417 g/mol. The number of ether oxygens (including phenoxy) is 1. The highest BCUT2D eigenvalue weighted by atomic mass is 19.1. The molecule has 0 aromatic heterocycles. The fourth-order valence-electron chi connectivity index (χ4n) is 3.40. The predicted octanol–water partition coefficient (Wildman–Crippen LogP) is 2.83. The number of rotatable bonds is 7. The van der Waals surface area contributed by atoms with Crippen LogP contribution in [0.2, 0.25) is 0 Å². The van der Waals surface area contributed by atoms with Gasteiger partial charge in [-0.2, -0.15) is 0 Å². The maximum Gasteiger partial charge on any atom is 0.254 e. The van der Waals surface area contributed by atoms with Crippen molar-refractivity contribution < 1.29 is 23.1 Å². The van der Waals surface area contributed by atoms with Gasteiger partial charge in [0.2, 0.25) is 5.91 Å². The number of hydrogen-bond donors (Lipinski definition) is 1. The molecule has 160 valence electrons. The van der Waals surface area contributed by atoms with E-state index in [1.54, 1.807) is 4.90 Å². The van der Waals surface area contributed by atoms with E-state index < -0.39 is 17.5 Å². The van der Waals surface area contributed by atoms with Crippen molar-refractivity contribution in [3.63, 3.8) is 0 Å². The van der Waals surface area contributed by atoms with Gasteiger partial charge in [0.1, 0.15) is 17.4 Å². The first-order chi connectivity index (χ1) is 14.5. The van der Waals surface area contributed by atoms with E-state index in [9.17, 15) is 18.4 Å². The molecule has 1 heterocycles. The van der Waals surface area contributed by atoms with Crippen LogP contribution in [-0.2, 0) is 4.79 Å². The van der Waals surface area contributed by atoms with Crippen molar-refractivity contribution in [1.82, 2.24) is 10.2 Å². The Morgan fingerprint density at radius 1 is 1.07 bits per heavy atom. The number of piperazine rings is 1. The van der Waals surface area contributed by atoms with E-state index in [1.165, 1.54) is 0 Å². The lowest BCUT2D eigenvalue weighted by molar-refractivity contribution is -0.131. The van der Waals surface area contributed by atoms with Gasteiger partial charge in [0.25, 0.3) is 5.91 Å². The van der Waals surface area contributed by atoms with E-state index in [1.807, 2.05) is 31.2 Å². The minimum Gasteiger partial charge on any atom is -0.492 e. The van der Waals surface area contributed by atoms with Crippen LogP contribution in [0.15, 0.2) is 42.5 Å². The van der Waals surface area contributed by atoms with E-state index in [0.29, 0.717) is 38.9 Å². The third-order valence-electron chi connectivity index (χ3n) is 4.94. The molecule has 1 N–H and O–H groups in total. The second-order valence-electron chi connectivity index (χ2n) is 6.90. The van der Waals surface area contributed by atoms with Gasteiger partial charge in [-0.25, -0.2) is 8.78 Å². The van der Waals surface area contributed by atoms with Crippen LogP contribution >= 0.6 is 0 Å². The summed E-state index contributed by atoms with van der Waals surface area (Å²) >= 11 is 0. The molecular formula is C22H25F2N3O3. The van der Waals surface area contributed by atoms with Crippen molar-refractivity contribution in [3.8, 4) is 5.75 Å². The molecule has 2 amide bonds. The Morgan fingerprint density at radius 3 is 2.50 bits per heavy atom. The smallest absolute Gasteiger partial charge is 0.254 e. The largest absolute Gasteiger partial charge is 0.492 e. The molecular weight excluding hydrogens is 392 g/mol. The standard InChI is InChI=1S/C22H25F2N3O3/c1-2-30-20-6-4-3-5-19(20)26-11-13-27(14-12-26)21(28)9-10-25-22(29)17-8-7-16(23)15-18(17)24/h3-8,15H,2,9-14H2,1H3,(H,25,29). The number of nitrogens with zero attached hydrogens (tertiary/aromatic N) is 2. The van der Waals surface area contributed by atoms with E-state index in [4.69, 9.17) is 4.74 Å². The van der Waals surface area contributed by atoms with Crippen molar-refractivity contribution in [2.45, 2.75) is 13.3 Å². The number of hydrogen-bond acceptors (Lipinski definition) is 4. The Morgan fingerprint density at radius 2 is 1.80 bits per heavy atom. The molecule has 0 unspecified atom stereocenters. The molecule has 1 aliphatic rings. The fraction of sp³-hybridized carbons (Fsp3) is 0.364. The van der Waals surface area contributed by atoms with Crippen LogP contribution in [0.4, 0.5) is 14.5 Å². The molecule has 0 saturated carbocycles. The van der Waals surface area contributed by atoms with Gasteiger partial charge in [-0.1, -0.05) is 12.1 Å². The van der Waals surface area contributed by atoms with E-state index in [2.05, 4.69) is 10.2 Å². The maximum absolute atomic E-state index is 13.6. The van der Waals surface area contributed by atoms with Crippen molar-refractivity contribution >= 4 is 17.5 Å². The second kappa shape index (κ2) is 10.0. The molecule has 30 heavy (non-hydrogen) atoms. The van der Waals surface area contributed by atoms with Gasteiger partial charge in [0.15, 0.2) is 0 Å². The van der Waals surface area contributed by atoms with Crippen LogP contribution in [0.5, 0.6) is 5.75 Å². The summed E-state index contributed by atoms with van der Waals surface area (Å²) in [6, 6.07) is 10.6. The van der Waals surface area contributed by atoms with Gasteiger partial charge in [0, 0.05) is 45.2 Å². The van der Waals surface area contributed by atoms with Crippen LogP contribution < -0.4 is 15.0 Å². The molecule has 0 spiro atoms. The monoisotopic (exact) mass is 417 g/mol. The summed E-state index contributed by atoms with van der Waals surface area (Å²) in [5.74, 6) is -1.59. The third-order valence-corrected chi connectivity index (χ3v) is 4.94. The van der Waals surface area contributed by atoms with Crippen molar-refractivity contribution in [3.05, 3.63) is 59.7 Å². The van der Waals surface area contributed by atoms with Gasteiger partial charge in [0.05, 0.1) is 17.9 Å². The Bertz CT molecular complexity index is 899. The first-order valence-electron chi connectivity index (χ1n) is 9.97. The average Bonchev–Trinajstić information content (AvgIpc) is 2.74. The van der Waals surface area contributed by atoms with E-state index >= 15 is 0 Å². The van der Waals surface area contributed by atoms with E-state index in [-0.39, 0.29) is 24.4 Å². The summed E-state index contributed by atoms with van der Waals surface area (Å²) in [5, 5.41) is 2.51. The normalized spacial score (nSPS) is 13.8. The number of anilines is 1. The lowest BCUT2D eigenvalue weighted by Crippen LogP contribution is -2.49. The molecule has 1 saturated heterocycles. The molecule has 0 aliphatic carbocycles. The van der Waals surface area contributed by atoms with Crippen molar-refractivity contribution in [2.24, 2.45) is 0 Å². The minimum atomic E-state index is -0.928. The van der Waals surface area contributed by atoms with Crippen LogP contribution in [0, 0.1) is 11.6 Å². The number of nitrogens with one attached hydrogen (secondary N) is 1. The number of benzene rings is 2. The highest BCUT2D eigenvalue weighted by Gasteiger charge is 2.23. The molecule has 1 fully saturated rings. The SMILES string of the molecule is CCOc1ccccc1N1CCN(C(=O)CCNC(=O)c2ccc(F)cc2F)CC1. The zero-order chi connectivity index (χ0) is 21.5. The molecule has 6 nitrogen and oxygen atoms in total. The number of carbonyl (C=O) groups is 2. The van der Waals surface area contributed by atoms with Crippen molar-refractivity contribution in [2.75, 3.05) is 44.2 Å². The van der Waals surface area contributed by atoms with Crippen LogP contribution in [0.25, 0.3) is 0 Å². The Kier molecular flexibility index (Phi) is 7.21. The van der Waals surface area contributed by atoms with Gasteiger partial charge in [-0.15, -0.1) is 0 Å². The number of amides is 2. The van der Waals surface area contributed by atoms with Gasteiger partial charge < -0.3 is 19.9 Å². The molecule has 2 aromatic carbocycles. The molecule has 0 bridgehead atoms. The zero-order valence-electron chi connectivity index (χ0n) is 16.9. The predicted molar refractivity (Wildman–Crippen MR) is 110 cm³/mol. The summed E-state index contributed by atoms with van der Waals surface area (Å²) in [7, 11) is 0. The summed E-state index contributed by atoms with van der Waals surface area (Å²) in [6.07, 6.45) is 0.115. The summed E-state index contributed by atoms with van der Waals surface area (Å²) < 4.78 is 32.3.